The van der Waals surface area contributed by atoms with E-state index < -0.39 is 11.4 Å². The quantitative estimate of drug-likeness (QED) is 0.890. The van der Waals surface area contributed by atoms with Crippen molar-refractivity contribution in [2.75, 3.05) is 5.32 Å². The van der Waals surface area contributed by atoms with Gasteiger partial charge in [0.15, 0.2) is 0 Å². The molecule has 1 aliphatic carbocycles. The SMILES string of the molecule is O=C(CC1(C(=O)O)CCCC1)Nc1cnccc1Cl. The van der Waals surface area contributed by atoms with E-state index in [1.165, 1.54) is 12.4 Å². The van der Waals surface area contributed by atoms with Crippen molar-refractivity contribution in [3.63, 3.8) is 0 Å². The maximum Gasteiger partial charge on any atom is 0.310 e. The molecule has 0 atom stereocenters. The average Bonchev–Trinajstić information content (AvgIpc) is 2.82. The standard InChI is InChI=1S/C13H15ClN2O3/c14-9-3-6-15-8-10(9)16-11(17)7-13(12(18)19)4-1-2-5-13/h3,6,8H,1-2,4-5,7H2,(H,16,17)(H,18,19). The molecule has 0 unspecified atom stereocenters. The summed E-state index contributed by atoms with van der Waals surface area (Å²) in [6, 6.07) is 1.57. The Morgan fingerprint density at radius 1 is 1.42 bits per heavy atom. The molecule has 1 amide bonds. The molecule has 0 aromatic carbocycles. The van der Waals surface area contributed by atoms with Crippen molar-refractivity contribution in [3.05, 3.63) is 23.5 Å². The van der Waals surface area contributed by atoms with Crippen LogP contribution in [0.3, 0.4) is 0 Å². The number of anilines is 1. The van der Waals surface area contributed by atoms with E-state index in [1.807, 2.05) is 0 Å². The highest BCUT2D eigenvalue weighted by Gasteiger charge is 2.42. The van der Waals surface area contributed by atoms with Crippen LogP contribution in [-0.2, 0) is 9.59 Å². The number of nitrogens with zero attached hydrogens (tertiary/aromatic N) is 1. The number of hydrogen-bond donors (Lipinski definition) is 2. The molecular formula is C13H15ClN2O3. The topological polar surface area (TPSA) is 79.3 Å². The summed E-state index contributed by atoms with van der Waals surface area (Å²) >= 11 is 5.91. The van der Waals surface area contributed by atoms with Crippen LogP contribution in [0.1, 0.15) is 32.1 Å². The van der Waals surface area contributed by atoms with Gasteiger partial charge in [-0.05, 0) is 18.9 Å². The monoisotopic (exact) mass is 282 g/mol. The van der Waals surface area contributed by atoms with E-state index in [4.69, 9.17) is 11.6 Å². The van der Waals surface area contributed by atoms with Crippen LogP contribution in [0, 0.1) is 5.41 Å². The second-order valence-corrected chi connectivity index (χ2v) is 5.28. The normalized spacial score (nSPS) is 17.1. The molecule has 0 saturated heterocycles. The number of nitrogens with one attached hydrogen (secondary N) is 1. The summed E-state index contributed by atoms with van der Waals surface area (Å²) in [5.74, 6) is -1.23. The molecule has 0 aliphatic heterocycles. The van der Waals surface area contributed by atoms with Gasteiger partial charge >= 0.3 is 5.97 Å². The fourth-order valence-corrected chi connectivity index (χ4v) is 2.64. The fourth-order valence-electron chi connectivity index (χ4n) is 2.49. The number of carboxylic acid groups (broad SMARTS) is 1. The molecular weight excluding hydrogens is 268 g/mol. The van der Waals surface area contributed by atoms with Crippen molar-refractivity contribution in [3.8, 4) is 0 Å². The highest BCUT2D eigenvalue weighted by Crippen LogP contribution is 2.41. The van der Waals surface area contributed by atoms with Crippen LogP contribution in [0.25, 0.3) is 0 Å². The van der Waals surface area contributed by atoms with Gasteiger partial charge in [0.1, 0.15) is 0 Å². The third kappa shape index (κ3) is 3.04. The second-order valence-electron chi connectivity index (χ2n) is 4.87. The number of aliphatic carboxylic acids is 1. The third-order valence-electron chi connectivity index (χ3n) is 3.56. The molecule has 6 heteroatoms. The molecule has 1 heterocycles. The molecule has 2 N–H and O–H groups in total. The number of amides is 1. The van der Waals surface area contributed by atoms with Crippen LogP contribution >= 0.6 is 11.6 Å². The highest BCUT2D eigenvalue weighted by atomic mass is 35.5. The fraction of sp³-hybridized carbons (Fsp3) is 0.462. The van der Waals surface area contributed by atoms with E-state index in [0.717, 1.165) is 12.8 Å². The van der Waals surface area contributed by atoms with Gasteiger partial charge in [-0.3, -0.25) is 14.6 Å². The summed E-state index contributed by atoms with van der Waals surface area (Å²) in [6.07, 6.45) is 5.76. The Labute approximate surface area is 116 Å². The summed E-state index contributed by atoms with van der Waals surface area (Å²) in [6.45, 7) is 0. The zero-order chi connectivity index (χ0) is 13.9. The summed E-state index contributed by atoms with van der Waals surface area (Å²) in [4.78, 5) is 27.2. The van der Waals surface area contributed by atoms with Crippen LogP contribution in [0.2, 0.25) is 5.02 Å². The molecule has 0 radical (unpaired) electrons. The summed E-state index contributed by atoms with van der Waals surface area (Å²) in [5.41, 5.74) is -0.508. The van der Waals surface area contributed by atoms with Gasteiger partial charge in [0.2, 0.25) is 5.91 Å². The van der Waals surface area contributed by atoms with Crippen LogP contribution in [0.15, 0.2) is 18.5 Å². The first-order valence-electron chi connectivity index (χ1n) is 6.16. The lowest BCUT2D eigenvalue weighted by atomic mass is 9.82. The molecule has 1 saturated carbocycles. The van der Waals surface area contributed by atoms with Gasteiger partial charge in [-0.15, -0.1) is 0 Å². The van der Waals surface area contributed by atoms with E-state index in [-0.39, 0.29) is 12.3 Å². The summed E-state index contributed by atoms with van der Waals surface area (Å²) < 4.78 is 0. The lowest BCUT2D eigenvalue weighted by Gasteiger charge is -2.22. The van der Waals surface area contributed by atoms with E-state index in [2.05, 4.69) is 10.3 Å². The van der Waals surface area contributed by atoms with Crippen molar-refractivity contribution in [2.24, 2.45) is 5.41 Å². The number of carbonyl (C=O) groups excluding carboxylic acids is 1. The Morgan fingerprint density at radius 3 is 2.68 bits per heavy atom. The lowest BCUT2D eigenvalue weighted by molar-refractivity contribution is -0.150. The van der Waals surface area contributed by atoms with Gasteiger partial charge in [0, 0.05) is 12.6 Å². The number of halogens is 1. The molecule has 19 heavy (non-hydrogen) atoms. The minimum atomic E-state index is -0.918. The van der Waals surface area contributed by atoms with Crippen molar-refractivity contribution in [1.29, 1.82) is 0 Å². The maximum atomic E-state index is 12.0. The third-order valence-corrected chi connectivity index (χ3v) is 3.88. The van der Waals surface area contributed by atoms with Crippen molar-refractivity contribution in [2.45, 2.75) is 32.1 Å². The van der Waals surface area contributed by atoms with E-state index in [9.17, 15) is 14.7 Å². The van der Waals surface area contributed by atoms with Crippen LogP contribution in [-0.4, -0.2) is 22.0 Å². The van der Waals surface area contributed by atoms with Gasteiger partial charge in [-0.1, -0.05) is 24.4 Å². The number of carboxylic acids is 1. The van der Waals surface area contributed by atoms with Crippen LogP contribution < -0.4 is 5.32 Å². The van der Waals surface area contributed by atoms with E-state index >= 15 is 0 Å². The Kier molecular flexibility index (Phi) is 4.04. The van der Waals surface area contributed by atoms with Crippen molar-refractivity contribution in [1.82, 2.24) is 4.98 Å². The lowest BCUT2D eigenvalue weighted by Crippen LogP contribution is -2.32. The van der Waals surface area contributed by atoms with Gasteiger partial charge in [0.05, 0.1) is 22.3 Å². The van der Waals surface area contributed by atoms with Gasteiger partial charge in [0.25, 0.3) is 0 Å². The molecule has 0 spiro atoms. The summed E-state index contributed by atoms with van der Waals surface area (Å²) in [7, 11) is 0. The molecule has 0 bridgehead atoms. The van der Waals surface area contributed by atoms with Gasteiger partial charge in [-0.2, -0.15) is 0 Å². The van der Waals surface area contributed by atoms with Crippen LogP contribution in [0.4, 0.5) is 5.69 Å². The van der Waals surface area contributed by atoms with Gasteiger partial charge < -0.3 is 10.4 Å². The average molecular weight is 283 g/mol. The Balaban J connectivity index is 2.05. The largest absolute Gasteiger partial charge is 0.481 e. The first kappa shape index (κ1) is 13.8. The molecule has 2 rings (SSSR count). The molecule has 1 aromatic heterocycles. The van der Waals surface area contributed by atoms with E-state index in [1.54, 1.807) is 6.07 Å². The molecule has 102 valence electrons. The number of aromatic nitrogens is 1. The maximum absolute atomic E-state index is 12.0. The smallest absolute Gasteiger partial charge is 0.310 e. The number of carbonyl (C=O) groups is 2. The number of pyridine rings is 1. The predicted octanol–water partition coefficient (Wildman–Crippen LogP) is 2.71. The molecule has 1 aliphatic rings. The zero-order valence-corrected chi connectivity index (χ0v) is 11.1. The molecule has 1 fully saturated rings. The van der Waals surface area contributed by atoms with Crippen molar-refractivity contribution >= 4 is 29.2 Å². The minimum absolute atomic E-state index is 0.0203. The number of hydrogen-bond acceptors (Lipinski definition) is 3. The zero-order valence-electron chi connectivity index (χ0n) is 10.4. The Morgan fingerprint density at radius 2 is 2.11 bits per heavy atom. The Bertz CT molecular complexity index is 498. The summed E-state index contributed by atoms with van der Waals surface area (Å²) in [5, 5.41) is 12.3. The minimum Gasteiger partial charge on any atom is -0.481 e. The second kappa shape index (κ2) is 5.57. The number of rotatable bonds is 4. The van der Waals surface area contributed by atoms with Crippen molar-refractivity contribution < 1.29 is 14.7 Å². The first-order valence-corrected chi connectivity index (χ1v) is 6.54. The highest BCUT2D eigenvalue weighted by molar-refractivity contribution is 6.33. The molecule has 1 aromatic rings. The predicted molar refractivity (Wildman–Crippen MR) is 71.0 cm³/mol. The van der Waals surface area contributed by atoms with E-state index in [0.29, 0.717) is 23.6 Å². The van der Waals surface area contributed by atoms with Gasteiger partial charge in [-0.25, -0.2) is 0 Å². The first-order chi connectivity index (χ1) is 9.03. The Hall–Kier alpha value is -1.62. The van der Waals surface area contributed by atoms with Crippen LogP contribution in [0.5, 0.6) is 0 Å². The molecule has 5 nitrogen and oxygen atoms in total.